The molecule has 25 heavy (non-hydrogen) atoms. The van der Waals surface area contributed by atoms with Crippen LogP contribution in [0, 0.1) is 0 Å². The van der Waals surface area contributed by atoms with Gasteiger partial charge in [-0.2, -0.15) is 0 Å². The SMILES string of the molecule is C=CCCC(=S)NC1C(=O)N2C=C(C(=O)OCC(Cl)(Cl)Cl)C(C)S[C@H]12. The lowest BCUT2D eigenvalue weighted by Crippen LogP contribution is -2.68. The standard InChI is InChI=1S/C15H17Cl3N2O3S2/c1-3-4-5-10(24)19-11-12(21)20-6-9(8(2)25-13(11)20)14(22)23-7-15(16,17)18/h3,6,8,11,13H,1,4-5,7H2,2H3,(H,19,24)/t8?,11?,13-/m1/s1. The summed E-state index contributed by atoms with van der Waals surface area (Å²) in [6, 6.07) is -0.389. The number of carbonyl (C=O) groups excluding carboxylic acids is 2. The first kappa shape index (κ1) is 20.8. The summed E-state index contributed by atoms with van der Waals surface area (Å²) in [6.45, 7) is 5.15. The fraction of sp³-hybridized carbons (Fsp3) is 0.533. The third-order valence-electron chi connectivity index (χ3n) is 3.63. The van der Waals surface area contributed by atoms with Gasteiger partial charge in [-0.15, -0.1) is 18.3 Å². The fourth-order valence-corrected chi connectivity index (χ4v) is 4.13. The molecular formula is C15H17Cl3N2O3S2. The Kier molecular flexibility index (Phi) is 7.07. The third-order valence-corrected chi connectivity index (χ3v) is 5.72. The number of thiocarbonyl (C=S) groups is 1. The minimum atomic E-state index is -1.67. The fourth-order valence-electron chi connectivity index (χ4n) is 2.37. The zero-order chi connectivity index (χ0) is 18.8. The highest BCUT2D eigenvalue weighted by molar-refractivity contribution is 8.00. The summed E-state index contributed by atoms with van der Waals surface area (Å²) in [5.74, 6) is -0.743. The Labute approximate surface area is 171 Å². The minimum absolute atomic E-state index is 0.117. The number of carbonyl (C=O) groups is 2. The van der Waals surface area contributed by atoms with E-state index >= 15 is 0 Å². The molecule has 3 atom stereocenters. The summed E-state index contributed by atoms with van der Waals surface area (Å²) in [4.78, 5) is 26.6. The van der Waals surface area contributed by atoms with Crippen LogP contribution in [0.2, 0.25) is 0 Å². The molecule has 1 amide bonds. The van der Waals surface area contributed by atoms with E-state index in [4.69, 9.17) is 51.8 Å². The van der Waals surface area contributed by atoms with Gasteiger partial charge in [0, 0.05) is 17.9 Å². The third kappa shape index (κ3) is 5.26. The zero-order valence-electron chi connectivity index (χ0n) is 13.3. The number of alkyl halides is 3. The molecule has 0 aromatic carbocycles. The average Bonchev–Trinajstić information content (AvgIpc) is 2.54. The Bertz CT molecular complexity index is 622. The summed E-state index contributed by atoms with van der Waals surface area (Å²) >= 11 is 23.5. The lowest BCUT2D eigenvalue weighted by Gasteiger charge is -2.49. The van der Waals surface area contributed by atoms with Crippen LogP contribution in [0.3, 0.4) is 0 Å². The Morgan fingerprint density at radius 1 is 1.56 bits per heavy atom. The topological polar surface area (TPSA) is 58.6 Å². The van der Waals surface area contributed by atoms with Crippen LogP contribution >= 0.6 is 58.8 Å². The number of ether oxygens (including phenoxy) is 1. The maximum absolute atomic E-state index is 12.3. The van der Waals surface area contributed by atoms with Gasteiger partial charge in [-0.25, -0.2) is 4.79 Å². The number of rotatable bonds is 6. The van der Waals surface area contributed by atoms with Crippen molar-refractivity contribution in [3.8, 4) is 0 Å². The zero-order valence-corrected chi connectivity index (χ0v) is 17.2. The number of nitrogens with one attached hydrogen (secondary N) is 1. The van der Waals surface area contributed by atoms with Gasteiger partial charge in [0.2, 0.25) is 3.79 Å². The van der Waals surface area contributed by atoms with Crippen LogP contribution in [0.4, 0.5) is 0 Å². The Hall–Kier alpha value is -0.470. The number of β-lactam (4-membered cyclic amide) rings is 1. The maximum Gasteiger partial charge on any atom is 0.336 e. The molecule has 2 unspecified atom stereocenters. The highest BCUT2D eigenvalue weighted by Gasteiger charge is 2.51. The molecule has 0 radical (unpaired) electrons. The van der Waals surface area contributed by atoms with Crippen LogP contribution in [-0.2, 0) is 14.3 Å². The molecule has 2 aliphatic heterocycles. The van der Waals surface area contributed by atoms with Crippen molar-refractivity contribution in [2.75, 3.05) is 6.61 Å². The quantitative estimate of drug-likeness (QED) is 0.223. The van der Waals surface area contributed by atoms with Crippen LogP contribution < -0.4 is 5.32 Å². The number of amides is 1. The number of fused-ring (bicyclic) bond motifs is 1. The molecule has 0 aromatic heterocycles. The molecule has 0 spiro atoms. The Morgan fingerprint density at radius 2 is 2.24 bits per heavy atom. The lowest BCUT2D eigenvalue weighted by molar-refractivity contribution is -0.141. The van der Waals surface area contributed by atoms with Crippen molar-refractivity contribution in [2.24, 2.45) is 0 Å². The highest BCUT2D eigenvalue weighted by Crippen LogP contribution is 2.41. The first-order valence-corrected chi connectivity index (χ1v) is 9.96. The first-order chi connectivity index (χ1) is 11.6. The van der Waals surface area contributed by atoms with Gasteiger partial charge < -0.3 is 15.0 Å². The molecule has 0 bridgehead atoms. The number of allylic oxidation sites excluding steroid dienone is 1. The van der Waals surface area contributed by atoms with Crippen LogP contribution in [0.15, 0.2) is 24.4 Å². The molecule has 5 nitrogen and oxygen atoms in total. The van der Waals surface area contributed by atoms with Crippen molar-refractivity contribution in [2.45, 2.75) is 40.2 Å². The Morgan fingerprint density at radius 3 is 2.84 bits per heavy atom. The van der Waals surface area contributed by atoms with E-state index < -0.39 is 9.76 Å². The molecular weight excluding hydrogens is 427 g/mol. The summed E-state index contributed by atoms with van der Waals surface area (Å²) in [5, 5.41) is 2.80. The van der Waals surface area contributed by atoms with E-state index in [9.17, 15) is 9.59 Å². The van der Waals surface area contributed by atoms with Crippen molar-refractivity contribution >= 4 is 75.6 Å². The van der Waals surface area contributed by atoms with Gasteiger partial charge in [-0.1, -0.05) is 53.1 Å². The Balaban J connectivity index is 1.99. The van der Waals surface area contributed by atoms with Crippen LogP contribution in [-0.4, -0.2) is 48.8 Å². The van der Waals surface area contributed by atoms with Crippen molar-refractivity contribution < 1.29 is 14.3 Å². The van der Waals surface area contributed by atoms with E-state index in [0.717, 1.165) is 6.42 Å². The number of nitrogens with zero attached hydrogens (tertiary/aromatic N) is 1. The van der Waals surface area contributed by atoms with E-state index in [2.05, 4.69) is 11.9 Å². The number of hydrogen-bond acceptors (Lipinski definition) is 5. The largest absolute Gasteiger partial charge is 0.458 e. The molecule has 1 fully saturated rings. The number of halogens is 3. The van der Waals surface area contributed by atoms with Crippen molar-refractivity contribution in [1.82, 2.24) is 10.2 Å². The van der Waals surface area contributed by atoms with Gasteiger partial charge >= 0.3 is 5.97 Å². The van der Waals surface area contributed by atoms with E-state index in [1.165, 1.54) is 22.9 Å². The minimum Gasteiger partial charge on any atom is -0.458 e. The molecule has 138 valence electrons. The van der Waals surface area contributed by atoms with E-state index in [1.807, 2.05) is 6.92 Å². The molecule has 0 aliphatic carbocycles. The second-order valence-corrected chi connectivity index (χ2v) is 10.0. The normalized spacial score (nSPS) is 25.4. The van der Waals surface area contributed by atoms with Gasteiger partial charge in [-0.05, 0) is 13.3 Å². The van der Waals surface area contributed by atoms with Gasteiger partial charge in [0.15, 0.2) is 0 Å². The summed E-state index contributed by atoms with van der Waals surface area (Å²) < 4.78 is 3.32. The van der Waals surface area contributed by atoms with Gasteiger partial charge in [0.25, 0.3) is 5.91 Å². The summed E-state index contributed by atoms with van der Waals surface area (Å²) in [6.07, 6.45) is 4.70. The molecule has 1 N–H and O–H groups in total. The predicted molar refractivity (Wildman–Crippen MR) is 106 cm³/mol. The molecule has 0 aromatic rings. The van der Waals surface area contributed by atoms with Crippen molar-refractivity contribution in [1.29, 1.82) is 0 Å². The number of thioether (sulfide) groups is 1. The molecule has 0 saturated carbocycles. The van der Waals surface area contributed by atoms with Crippen LogP contribution in [0.1, 0.15) is 19.8 Å². The summed E-state index contributed by atoms with van der Waals surface area (Å²) in [7, 11) is 0. The second kappa shape index (κ2) is 8.48. The molecule has 10 heteroatoms. The lowest BCUT2D eigenvalue weighted by atomic mass is 10.1. The maximum atomic E-state index is 12.3. The van der Waals surface area contributed by atoms with Crippen LogP contribution in [0.5, 0.6) is 0 Å². The van der Waals surface area contributed by atoms with Crippen molar-refractivity contribution in [3.63, 3.8) is 0 Å². The van der Waals surface area contributed by atoms with E-state index in [1.54, 1.807) is 6.08 Å². The molecule has 1 saturated heterocycles. The monoisotopic (exact) mass is 442 g/mol. The molecule has 2 aliphatic rings. The van der Waals surface area contributed by atoms with Crippen molar-refractivity contribution in [3.05, 3.63) is 24.4 Å². The second-order valence-electron chi connectivity index (χ2n) is 5.56. The number of esters is 1. The van der Waals surface area contributed by atoms with Gasteiger partial charge in [0.05, 0.1) is 10.6 Å². The van der Waals surface area contributed by atoms with Crippen LogP contribution in [0.25, 0.3) is 0 Å². The summed E-state index contributed by atoms with van der Waals surface area (Å²) in [5.41, 5.74) is 0.358. The molecule has 2 heterocycles. The van der Waals surface area contributed by atoms with E-state index in [0.29, 0.717) is 17.0 Å². The van der Waals surface area contributed by atoms with E-state index in [-0.39, 0.29) is 29.2 Å². The highest BCUT2D eigenvalue weighted by atomic mass is 35.6. The molecule has 2 rings (SSSR count). The predicted octanol–water partition coefficient (Wildman–Crippen LogP) is 3.34. The first-order valence-electron chi connectivity index (χ1n) is 7.47. The smallest absolute Gasteiger partial charge is 0.336 e. The van der Waals surface area contributed by atoms with Gasteiger partial charge in [0.1, 0.15) is 18.0 Å². The average molecular weight is 444 g/mol. The number of hydrogen-bond donors (Lipinski definition) is 1. The van der Waals surface area contributed by atoms with Gasteiger partial charge in [-0.3, -0.25) is 4.79 Å².